The van der Waals surface area contributed by atoms with E-state index in [2.05, 4.69) is 0 Å². The van der Waals surface area contributed by atoms with Crippen LogP contribution in [0.5, 0.6) is 0 Å². The van der Waals surface area contributed by atoms with Crippen LogP contribution >= 0.6 is 0 Å². The Bertz CT molecular complexity index is 856. The molecule has 3 unspecified atom stereocenters. The standard InChI is InChI=1S/C20H22N2O7/c1-20(2,3)27-19(26)21-15(13-9-6-10-14(13)28-21)18(25)29-22-16(23)11-7-4-5-8-12(11)17(22)24/h4-5,7-8,13-15H,6,9-10H2,1-3H3. The SMILES string of the molecule is CC(C)(C)OC(=O)N1OC2CCCC2C1C(=O)ON1C(=O)c2ccccc2C1=O. The third-order valence-electron chi connectivity index (χ3n) is 5.16. The smallest absolute Gasteiger partial charge is 0.435 e. The molecule has 4 rings (SSSR count). The number of ether oxygens (including phenoxy) is 1. The molecule has 3 atom stereocenters. The Morgan fingerprint density at radius 3 is 2.28 bits per heavy atom. The first-order valence-electron chi connectivity index (χ1n) is 9.56. The van der Waals surface area contributed by atoms with Gasteiger partial charge in [0.25, 0.3) is 11.8 Å². The summed E-state index contributed by atoms with van der Waals surface area (Å²) in [6, 6.07) is 5.12. The van der Waals surface area contributed by atoms with Crippen LogP contribution in [-0.4, -0.2) is 51.8 Å². The second-order valence-corrected chi connectivity index (χ2v) is 8.35. The van der Waals surface area contributed by atoms with Crippen molar-refractivity contribution in [3.05, 3.63) is 35.4 Å². The molecule has 1 aromatic carbocycles. The van der Waals surface area contributed by atoms with Crippen LogP contribution in [0.15, 0.2) is 24.3 Å². The van der Waals surface area contributed by atoms with Gasteiger partial charge in [0.2, 0.25) is 0 Å². The van der Waals surface area contributed by atoms with Crippen molar-refractivity contribution in [3.63, 3.8) is 0 Å². The van der Waals surface area contributed by atoms with Gasteiger partial charge in [-0.3, -0.25) is 14.4 Å². The van der Waals surface area contributed by atoms with Crippen molar-refractivity contribution in [2.75, 3.05) is 0 Å². The molecular weight excluding hydrogens is 380 g/mol. The zero-order chi connectivity index (χ0) is 20.9. The van der Waals surface area contributed by atoms with Gasteiger partial charge >= 0.3 is 12.1 Å². The summed E-state index contributed by atoms with van der Waals surface area (Å²) in [5, 5.41) is 1.34. The van der Waals surface area contributed by atoms with E-state index in [4.69, 9.17) is 14.4 Å². The van der Waals surface area contributed by atoms with Gasteiger partial charge in [-0.05, 0) is 45.7 Å². The van der Waals surface area contributed by atoms with Gasteiger partial charge in [0.05, 0.1) is 17.2 Å². The average molecular weight is 402 g/mol. The molecule has 29 heavy (non-hydrogen) atoms. The van der Waals surface area contributed by atoms with Crippen LogP contribution in [0, 0.1) is 5.92 Å². The van der Waals surface area contributed by atoms with E-state index in [1.165, 1.54) is 12.1 Å². The monoisotopic (exact) mass is 402 g/mol. The van der Waals surface area contributed by atoms with E-state index < -0.39 is 35.5 Å². The minimum atomic E-state index is -1.10. The number of benzene rings is 1. The molecule has 0 radical (unpaired) electrons. The number of imide groups is 1. The topological polar surface area (TPSA) is 102 Å². The van der Waals surface area contributed by atoms with Gasteiger partial charge < -0.3 is 9.57 Å². The zero-order valence-electron chi connectivity index (χ0n) is 16.4. The minimum Gasteiger partial charge on any atom is -0.442 e. The Morgan fingerprint density at radius 1 is 1.07 bits per heavy atom. The molecule has 1 saturated carbocycles. The molecule has 9 nitrogen and oxygen atoms in total. The van der Waals surface area contributed by atoms with E-state index in [-0.39, 0.29) is 23.1 Å². The molecule has 0 aromatic heterocycles. The quantitative estimate of drug-likeness (QED) is 0.700. The molecule has 1 aliphatic carbocycles. The number of hydrogen-bond acceptors (Lipinski definition) is 7. The van der Waals surface area contributed by atoms with Crippen LogP contribution in [0.4, 0.5) is 4.79 Å². The van der Waals surface area contributed by atoms with Crippen molar-refractivity contribution < 1.29 is 33.6 Å². The Hall–Kier alpha value is -2.94. The number of hydrogen-bond donors (Lipinski definition) is 0. The summed E-state index contributed by atoms with van der Waals surface area (Å²) in [7, 11) is 0. The maximum atomic E-state index is 13.0. The van der Waals surface area contributed by atoms with Crippen LogP contribution in [-0.2, 0) is 19.2 Å². The van der Waals surface area contributed by atoms with Crippen LogP contribution in [0.3, 0.4) is 0 Å². The van der Waals surface area contributed by atoms with E-state index in [1.54, 1.807) is 32.9 Å². The molecule has 9 heteroatoms. The van der Waals surface area contributed by atoms with Gasteiger partial charge in [0.1, 0.15) is 5.60 Å². The normalized spacial score (nSPS) is 25.8. The number of rotatable bonds is 2. The molecular formula is C20H22N2O7. The van der Waals surface area contributed by atoms with Crippen LogP contribution in [0.2, 0.25) is 0 Å². The third kappa shape index (κ3) is 3.35. The zero-order valence-corrected chi connectivity index (χ0v) is 16.4. The number of carbonyl (C=O) groups is 4. The second kappa shape index (κ2) is 6.84. The molecule has 0 N–H and O–H groups in total. The highest BCUT2D eigenvalue weighted by atomic mass is 16.8. The average Bonchev–Trinajstić information content (AvgIpc) is 3.29. The highest BCUT2D eigenvalue weighted by Gasteiger charge is 2.54. The number of amides is 3. The van der Waals surface area contributed by atoms with E-state index in [9.17, 15) is 19.2 Å². The van der Waals surface area contributed by atoms with Crippen LogP contribution < -0.4 is 0 Å². The van der Waals surface area contributed by atoms with E-state index >= 15 is 0 Å². The predicted molar refractivity (Wildman–Crippen MR) is 97.1 cm³/mol. The van der Waals surface area contributed by atoms with Crippen molar-refractivity contribution in [1.29, 1.82) is 0 Å². The molecule has 2 aliphatic heterocycles. The van der Waals surface area contributed by atoms with Gasteiger partial charge in [-0.25, -0.2) is 9.59 Å². The first kappa shape index (κ1) is 19.4. The largest absolute Gasteiger partial charge is 0.442 e. The van der Waals surface area contributed by atoms with Crippen LogP contribution in [0.25, 0.3) is 0 Å². The molecule has 1 aromatic rings. The lowest BCUT2D eigenvalue weighted by Gasteiger charge is -2.27. The van der Waals surface area contributed by atoms with Gasteiger partial charge in [0.15, 0.2) is 6.04 Å². The van der Waals surface area contributed by atoms with Crippen molar-refractivity contribution in [1.82, 2.24) is 10.1 Å². The Kier molecular flexibility index (Phi) is 4.57. The molecule has 2 heterocycles. The first-order chi connectivity index (χ1) is 13.7. The molecule has 0 spiro atoms. The van der Waals surface area contributed by atoms with Gasteiger partial charge in [-0.2, -0.15) is 5.06 Å². The van der Waals surface area contributed by atoms with Gasteiger partial charge in [-0.15, -0.1) is 0 Å². The molecule has 1 saturated heterocycles. The highest BCUT2D eigenvalue weighted by molar-refractivity contribution is 6.20. The first-order valence-corrected chi connectivity index (χ1v) is 9.56. The van der Waals surface area contributed by atoms with Crippen molar-refractivity contribution in [3.8, 4) is 0 Å². The maximum Gasteiger partial charge on any atom is 0.435 e. The summed E-state index contributed by atoms with van der Waals surface area (Å²) in [6.45, 7) is 5.11. The fraction of sp³-hybridized carbons (Fsp3) is 0.500. The maximum absolute atomic E-state index is 13.0. The molecule has 3 aliphatic rings. The predicted octanol–water partition coefficient (Wildman–Crippen LogP) is 2.46. The Morgan fingerprint density at radius 2 is 1.69 bits per heavy atom. The number of hydroxylamine groups is 4. The molecule has 2 fully saturated rings. The van der Waals surface area contributed by atoms with Crippen LogP contribution in [0.1, 0.15) is 60.7 Å². The summed E-state index contributed by atoms with van der Waals surface area (Å²) in [4.78, 5) is 61.4. The van der Waals surface area contributed by atoms with Gasteiger partial charge in [0, 0.05) is 5.92 Å². The summed E-state index contributed by atoms with van der Waals surface area (Å²) in [6.07, 6.45) is 1.07. The number of fused-ring (bicyclic) bond motifs is 2. The fourth-order valence-corrected chi connectivity index (χ4v) is 3.96. The highest BCUT2D eigenvalue weighted by Crippen LogP contribution is 2.41. The van der Waals surface area contributed by atoms with E-state index in [1.807, 2.05) is 0 Å². The summed E-state index contributed by atoms with van der Waals surface area (Å²) in [5.74, 6) is -2.63. The van der Waals surface area contributed by atoms with Gasteiger partial charge in [-0.1, -0.05) is 23.6 Å². The lowest BCUT2D eigenvalue weighted by atomic mass is 9.97. The summed E-state index contributed by atoms with van der Waals surface area (Å²) >= 11 is 0. The Labute approximate surface area is 167 Å². The van der Waals surface area contributed by atoms with E-state index in [0.717, 1.165) is 11.5 Å². The third-order valence-corrected chi connectivity index (χ3v) is 5.16. The molecule has 3 amide bonds. The molecule has 0 bridgehead atoms. The molecule has 154 valence electrons. The van der Waals surface area contributed by atoms with Crippen molar-refractivity contribution in [2.45, 2.75) is 57.8 Å². The Balaban J connectivity index is 1.55. The lowest BCUT2D eigenvalue weighted by Crippen LogP contribution is -2.48. The minimum absolute atomic E-state index is 0.163. The number of nitrogens with zero attached hydrogens (tertiary/aromatic N) is 2. The van der Waals surface area contributed by atoms with E-state index in [0.29, 0.717) is 17.9 Å². The van der Waals surface area contributed by atoms with Crippen molar-refractivity contribution in [2.24, 2.45) is 5.92 Å². The summed E-state index contributed by atoms with van der Waals surface area (Å²) < 4.78 is 5.34. The second-order valence-electron chi connectivity index (χ2n) is 8.35. The fourth-order valence-electron chi connectivity index (χ4n) is 3.96. The van der Waals surface area contributed by atoms with Crippen molar-refractivity contribution >= 4 is 23.9 Å². The lowest BCUT2D eigenvalue weighted by molar-refractivity contribution is -0.191. The summed E-state index contributed by atoms with van der Waals surface area (Å²) in [5.41, 5.74) is -0.457. The number of carbonyl (C=O) groups excluding carboxylic acids is 4.